The van der Waals surface area contributed by atoms with Crippen molar-refractivity contribution >= 4 is 12.0 Å². The zero-order chi connectivity index (χ0) is 10.4. The largest absolute Gasteiger partial charge is 0.495 e. The number of ether oxygens (including phenoxy) is 1. The SMILES string of the molecule is CCc1cccc(OC)c1NCC=O. The molecule has 1 N–H and O–H groups in total. The van der Waals surface area contributed by atoms with E-state index in [0.717, 1.165) is 29.7 Å². The Hall–Kier alpha value is -1.51. The highest BCUT2D eigenvalue weighted by Gasteiger charge is 2.05. The Morgan fingerprint density at radius 1 is 1.50 bits per heavy atom. The molecule has 0 atom stereocenters. The number of carbonyl (C=O) groups excluding carboxylic acids is 1. The first-order chi connectivity index (χ1) is 6.83. The molecule has 14 heavy (non-hydrogen) atoms. The van der Waals surface area contributed by atoms with Crippen molar-refractivity contribution < 1.29 is 9.53 Å². The zero-order valence-corrected chi connectivity index (χ0v) is 8.54. The molecule has 0 amide bonds. The van der Waals surface area contributed by atoms with E-state index in [4.69, 9.17) is 4.74 Å². The van der Waals surface area contributed by atoms with Crippen molar-refractivity contribution in [2.45, 2.75) is 13.3 Å². The van der Waals surface area contributed by atoms with Crippen LogP contribution in [0.5, 0.6) is 5.75 Å². The lowest BCUT2D eigenvalue weighted by Crippen LogP contribution is -2.06. The van der Waals surface area contributed by atoms with Crippen LogP contribution in [0.15, 0.2) is 18.2 Å². The molecule has 0 aliphatic rings. The second kappa shape index (κ2) is 5.27. The van der Waals surface area contributed by atoms with Gasteiger partial charge in [-0.1, -0.05) is 19.1 Å². The molecule has 0 heterocycles. The van der Waals surface area contributed by atoms with Gasteiger partial charge in [0.05, 0.1) is 19.3 Å². The highest BCUT2D eigenvalue weighted by Crippen LogP contribution is 2.28. The normalized spacial score (nSPS) is 9.57. The third-order valence-electron chi connectivity index (χ3n) is 2.08. The van der Waals surface area contributed by atoms with Crippen LogP contribution in [0.1, 0.15) is 12.5 Å². The number of anilines is 1. The molecule has 0 spiro atoms. The van der Waals surface area contributed by atoms with Gasteiger partial charge in [-0.2, -0.15) is 0 Å². The van der Waals surface area contributed by atoms with Crippen molar-refractivity contribution in [2.24, 2.45) is 0 Å². The summed E-state index contributed by atoms with van der Waals surface area (Å²) in [6.45, 7) is 2.38. The van der Waals surface area contributed by atoms with E-state index >= 15 is 0 Å². The molecule has 0 unspecified atom stereocenters. The first kappa shape index (κ1) is 10.6. The Bertz CT molecular complexity index is 288. The second-order valence-electron chi connectivity index (χ2n) is 2.90. The summed E-state index contributed by atoms with van der Waals surface area (Å²) in [6.07, 6.45) is 1.75. The van der Waals surface area contributed by atoms with Crippen LogP contribution >= 0.6 is 0 Å². The topological polar surface area (TPSA) is 38.3 Å². The molecule has 0 aliphatic carbocycles. The fourth-order valence-electron chi connectivity index (χ4n) is 1.39. The van der Waals surface area contributed by atoms with Crippen molar-refractivity contribution in [3.8, 4) is 5.75 Å². The van der Waals surface area contributed by atoms with Gasteiger partial charge < -0.3 is 14.8 Å². The van der Waals surface area contributed by atoms with Gasteiger partial charge in [0.1, 0.15) is 12.0 Å². The van der Waals surface area contributed by atoms with Crippen molar-refractivity contribution in [3.63, 3.8) is 0 Å². The van der Waals surface area contributed by atoms with Crippen molar-refractivity contribution in [1.82, 2.24) is 0 Å². The summed E-state index contributed by atoms with van der Waals surface area (Å²) in [6, 6.07) is 5.85. The lowest BCUT2D eigenvalue weighted by Gasteiger charge is -2.13. The van der Waals surface area contributed by atoms with E-state index in [9.17, 15) is 4.79 Å². The Labute approximate surface area is 84.1 Å². The highest BCUT2D eigenvalue weighted by atomic mass is 16.5. The number of aldehydes is 1. The van der Waals surface area contributed by atoms with Crippen LogP contribution in [0.2, 0.25) is 0 Å². The molecule has 0 fully saturated rings. The van der Waals surface area contributed by atoms with Crippen molar-refractivity contribution in [1.29, 1.82) is 0 Å². The lowest BCUT2D eigenvalue weighted by molar-refractivity contribution is -0.106. The van der Waals surface area contributed by atoms with E-state index in [0.29, 0.717) is 6.54 Å². The molecule has 0 saturated carbocycles. The Morgan fingerprint density at radius 2 is 2.29 bits per heavy atom. The van der Waals surface area contributed by atoms with E-state index in [1.54, 1.807) is 7.11 Å². The van der Waals surface area contributed by atoms with Gasteiger partial charge in [-0.25, -0.2) is 0 Å². The molecule has 1 aromatic carbocycles. The number of aryl methyl sites for hydroxylation is 1. The Balaban J connectivity index is 2.99. The maximum absolute atomic E-state index is 10.3. The predicted molar refractivity (Wildman–Crippen MR) is 56.9 cm³/mol. The maximum Gasteiger partial charge on any atom is 0.142 e. The molecular formula is C11H15NO2. The molecule has 0 bridgehead atoms. The van der Waals surface area contributed by atoms with E-state index in [-0.39, 0.29) is 0 Å². The quantitative estimate of drug-likeness (QED) is 0.725. The van der Waals surface area contributed by atoms with Gasteiger partial charge >= 0.3 is 0 Å². The van der Waals surface area contributed by atoms with E-state index in [1.165, 1.54) is 0 Å². The van der Waals surface area contributed by atoms with E-state index in [2.05, 4.69) is 12.2 Å². The number of rotatable bonds is 5. The molecule has 0 aliphatic heterocycles. The fourth-order valence-corrected chi connectivity index (χ4v) is 1.39. The summed E-state index contributed by atoms with van der Waals surface area (Å²) in [4.78, 5) is 10.3. The number of hydrogen-bond acceptors (Lipinski definition) is 3. The van der Waals surface area contributed by atoms with Crippen LogP contribution < -0.4 is 10.1 Å². The minimum absolute atomic E-state index is 0.313. The summed E-state index contributed by atoms with van der Waals surface area (Å²) < 4.78 is 5.21. The van der Waals surface area contributed by atoms with E-state index in [1.807, 2.05) is 18.2 Å². The summed E-state index contributed by atoms with van der Waals surface area (Å²) in [5, 5.41) is 3.04. The number of para-hydroxylation sites is 1. The standard InChI is InChI=1S/C11H15NO2/c1-3-9-5-4-6-10(14-2)11(9)12-7-8-13/h4-6,8,12H,3,7H2,1-2H3. The number of hydrogen-bond donors (Lipinski definition) is 1. The first-order valence-corrected chi connectivity index (χ1v) is 4.66. The number of nitrogens with one attached hydrogen (secondary N) is 1. The fraction of sp³-hybridized carbons (Fsp3) is 0.364. The molecule has 0 saturated heterocycles. The molecule has 0 radical (unpaired) electrons. The Morgan fingerprint density at radius 3 is 2.86 bits per heavy atom. The predicted octanol–water partition coefficient (Wildman–Crippen LogP) is 1.87. The van der Waals surface area contributed by atoms with Gasteiger partial charge in [0.2, 0.25) is 0 Å². The number of benzene rings is 1. The van der Waals surface area contributed by atoms with Gasteiger partial charge in [-0.3, -0.25) is 0 Å². The van der Waals surface area contributed by atoms with E-state index < -0.39 is 0 Å². The van der Waals surface area contributed by atoms with Crippen LogP contribution in [-0.4, -0.2) is 19.9 Å². The summed E-state index contributed by atoms with van der Waals surface area (Å²) in [7, 11) is 1.63. The average molecular weight is 193 g/mol. The molecule has 76 valence electrons. The number of methoxy groups -OCH3 is 1. The summed E-state index contributed by atoms with van der Waals surface area (Å²) in [5.74, 6) is 0.784. The third-order valence-corrected chi connectivity index (χ3v) is 2.08. The second-order valence-corrected chi connectivity index (χ2v) is 2.90. The minimum atomic E-state index is 0.313. The van der Waals surface area contributed by atoms with Crippen LogP contribution in [0.4, 0.5) is 5.69 Å². The van der Waals surface area contributed by atoms with Crippen molar-refractivity contribution in [2.75, 3.05) is 19.0 Å². The molecule has 1 aromatic rings. The van der Waals surface area contributed by atoms with Crippen LogP contribution in [-0.2, 0) is 11.2 Å². The highest BCUT2D eigenvalue weighted by molar-refractivity contribution is 5.67. The van der Waals surface area contributed by atoms with Crippen LogP contribution in [0.3, 0.4) is 0 Å². The van der Waals surface area contributed by atoms with Crippen LogP contribution in [0.25, 0.3) is 0 Å². The van der Waals surface area contributed by atoms with Gasteiger partial charge in [-0.15, -0.1) is 0 Å². The smallest absolute Gasteiger partial charge is 0.142 e. The van der Waals surface area contributed by atoms with Gasteiger partial charge in [-0.05, 0) is 18.1 Å². The molecular weight excluding hydrogens is 178 g/mol. The third kappa shape index (κ3) is 2.25. The molecule has 3 heteroatoms. The maximum atomic E-state index is 10.3. The zero-order valence-electron chi connectivity index (χ0n) is 8.54. The van der Waals surface area contributed by atoms with Crippen LogP contribution in [0, 0.1) is 0 Å². The Kier molecular flexibility index (Phi) is 3.98. The summed E-state index contributed by atoms with van der Waals surface area (Å²) >= 11 is 0. The van der Waals surface area contributed by atoms with Gasteiger partial charge in [0.25, 0.3) is 0 Å². The summed E-state index contributed by atoms with van der Waals surface area (Å²) in [5.41, 5.74) is 2.08. The molecule has 0 aromatic heterocycles. The van der Waals surface area contributed by atoms with Gasteiger partial charge in [0.15, 0.2) is 0 Å². The van der Waals surface area contributed by atoms with Gasteiger partial charge in [0, 0.05) is 0 Å². The molecule has 3 nitrogen and oxygen atoms in total. The average Bonchev–Trinajstić information content (AvgIpc) is 2.25. The monoisotopic (exact) mass is 193 g/mol. The first-order valence-electron chi connectivity index (χ1n) is 4.66. The number of carbonyl (C=O) groups is 1. The lowest BCUT2D eigenvalue weighted by atomic mass is 10.1. The molecule has 1 rings (SSSR count). The minimum Gasteiger partial charge on any atom is -0.495 e. The van der Waals surface area contributed by atoms with Crippen molar-refractivity contribution in [3.05, 3.63) is 23.8 Å².